The first-order valence-corrected chi connectivity index (χ1v) is 5.41. The molecule has 1 N–H and O–H groups in total. The largest absolute Gasteiger partial charge is 0.391 e. The molecule has 0 aliphatic carbocycles. The van der Waals surface area contributed by atoms with Crippen LogP contribution in [0.2, 0.25) is 0 Å². The molecule has 1 aliphatic rings. The standard InChI is InChI=1S/C10H19F3N2/c1-8(9(2)10(11,12)13)7-15-5-3-14-4-6-15/h8-9,14H,3-7H2,1-2H3. The fraction of sp³-hybridized carbons (Fsp3) is 1.00. The highest BCUT2D eigenvalue weighted by Gasteiger charge is 2.39. The highest BCUT2D eigenvalue weighted by molar-refractivity contribution is 4.75. The average molecular weight is 224 g/mol. The molecular weight excluding hydrogens is 205 g/mol. The molecule has 15 heavy (non-hydrogen) atoms. The van der Waals surface area contributed by atoms with E-state index in [1.807, 2.05) is 0 Å². The number of alkyl halides is 3. The Bertz CT molecular complexity index is 188. The van der Waals surface area contributed by atoms with Crippen LogP contribution < -0.4 is 5.32 Å². The zero-order chi connectivity index (χ0) is 11.5. The summed E-state index contributed by atoms with van der Waals surface area (Å²) in [4.78, 5) is 2.10. The second-order valence-electron chi connectivity index (χ2n) is 4.36. The van der Waals surface area contributed by atoms with Gasteiger partial charge in [-0.3, -0.25) is 0 Å². The first kappa shape index (κ1) is 12.8. The maximum atomic E-state index is 12.4. The van der Waals surface area contributed by atoms with Crippen molar-refractivity contribution in [3.63, 3.8) is 0 Å². The molecule has 90 valence electrons. The van der Waals surface area contributed by atoms with E-state index in [1.54, 1.807) is 6.92 Å². The molecule has 0 radical (unpaired) electrons. The van der Waals surface area contributed by atoms with Crippen molar-refractivity contribution in [2.24, 2.45) is 11.8 Å². The third kappa shape index (κ3) is 3.99. The highest BCUT2D eigenvalue weighted by Crippen LogP contribution is 2.31. The van der Waals surface area contributed by atoms with E-state index in [0.717, 1.165) is 26.2 Å². The van der Waals surface area contributed by atoms with Crippen molar-refractivity contribution in [2.45, 2.75) is 20.0 Å². The van der Waals surface area contributed by atoms with Crippen molar-refractivity contribution in [3.8, 4) is 0 Å². The van der Waals surface area contributed by atoms with Crippen molar-refractivity contribution >= 4 is 0 Å². The summed E-state index contributed by atoms with van der Waals surface area (Å²) in [5.74, 6) is -1.55. The number of piperazine rings is 1. The van der Waals surface area contributed by atoms with Gasteiger partial charge in [0, 0.05) is 32.7 Å². The molecule has 0 bridgehead atoms. The molecule has 1 heterocycles. The molecule has 1 fully saturated rings. The Labute approximate surface area is 88.8 Å². The summed E-state index contributed by atoms with van der Waals surface area (Å²) in [7, 11) is 0. The highest BCUT2D eigenvalue weighted by atomic mass is 19.4. The molecule has 0 spiro atoms. The molecule has 0 saturated carbocycles. The fourth-order valence-electron chi connectivity index (χ4n) is 1.78. The van der Waals surface area contributed by atoms with Crippen LogP contribution in [0, 0.1) is 11.8 Å². The number of hydrogen-bond acceptors (Lipinski definition) is 2. The minimum absolute atomic E-state index is 0.330. The smallest absolute Gasteiger partial charge is 0.314 e. The third-order valence-corrected chi connectivity index (χ3v) is 3.13. The lowest BCUT2D eigenvalue weighted by Gasteiger charge is -2.32. The molecule has 5 heteroatoms. The van der Waals surface area contributed by atoms with Crippen LogP contribution in [0.4, 0.5) is 13.2 Å². The van der Waals surface area contributed by atoms with E-state index in [0.29, 0.717) is 6.54 Å². The van der Waals surface area contributed by atoms with Crippen LogP contribution in [0.15, 0.2) is 0 Å². The second-order valence-corrected chi connectivity index (χ2v) is 4.36. The van der Waals surface area contributed by atoms with Gasteiger partial charge in [0.2, 0.25) is 0 Å². The van der Waals surface area contributed by atoms with Gasteiger partial charge in [0.25, 0.3) is 0 Å². The molecule has 2 unspecified atom stereocenters. The Morgan fingerprint density at radius 2 is 1.73 bits per heavy atom. The molecule has 2 nitrogen and oxygen atoms in total. The lowest BCUT2D eigenvalue weighted by Crippen LogP contribution is -2.46. The molecular formula is C10H19F3N2. The molecule has 2 atom stereocenters. The zero-order valence-corrected chi connectivity index (χ0v) is 9.27. The molecule has 1 saturated heterocycles. The Balaban J connectivity index is 2.36. The number of halogens is 3. The maximum Gasteiger partial charge on any atom is 0.391 e. The minimum Gasteiger partial charge on any atom is -0.314 e. The van der Waals surface area contributed by atoms with Gasteiger partial charge in [-0.05, 0) is 5.92 Å². The number of rotatable bonds is 3. The van der Waals surface area contributed by atoms with Gasteiger partial charge in [0.1, 0.15) is 0 Å². The summed E-state index contributed by atoms with van der Waals surface area (Å²) in [6, 6.07) is 0. The van der Waals surface area contributed by atoms with Crippen LogP contribution in [-0.2, 0) is 0 Å². The van der Waals surface area contributed by atoms with Gasteiger partial charge in [0.15, 0.2) is 0 Å². The Kier molecular flexibility index (Phi) is 4.40. The zero-order valence-electron chi connectivity index (χ0n) is 9.27. The van der Waals surface area contributed by atoms with Crippen LogP contribution >= 0.6 is 0 Å². The van der Waals surface area contributed by atoms with E-state index < -0.39 is 12.1 Å². The Morgan fingerprint density at radius 3 is 2.20 bits per heavy atom. The number of nitrogens with zero attached hydrogens (tertiary/aromatic N) is 1. The second kappa shape index (κ2) is 5.16. The van der Waals surface area contributed by atoms with E-state index >= 15 is 0 Å². The van der Waals surface area contributed by atoms with E-state index in [-0.39, 0.29) is 5.92 Å². The molecule has 1 aliphatic heterocycles. The summed E-state index contributed by atoms with van der Waals surface area (Å²) >= 11 is 0. The van der Waals surface area contributed by atoms with Gasteiger partial charge in [-0.25, -0.2) is 0 Å². The van der Waals surface area contributed by atoms with Crippen molar-refractivity contribution in [3.05, 3.63) is 0 Å². The normalized spacial score (nSPS) is 23.8. The summed E-state index contributed by atoms with van der Waals surface area (Å²) in [5.41, 5.74) is 0. The van der Waals surface area contributed by atoms with Crippen LogP contribution in [0.25, 0.3) is 0 Å². The molecule has 1 rings (SSSR count). The summed E-state index contributed by atoms with van der Waals surface area (Å²) in [6.45, 7) is 6.97. The first-order valence-electron chi connectivity index (χ1n) is 5.41. The van der Waals surface area contributed by atoms with Crippen LogP contribution in [0.5, 0.6) is 0 Å². The van der Waals surface area contributed by atoms with Crippen LogP contribution in [0.3, 0.4) is 0 Å². The molecule has 0 aromatic heterocycles. The fourth-order valence-corrected chi connectivity index (χ4v) is 1.78. The van der Waals surface area contributed by atoms with Gasteiger partial charge < -0.3 is 10.2 Å². The van der Waals surface area contributed by atoms with Crippen molar-refractivity contribution in [1.29, 1.82) is 0 Å². The predicted molar refractivity (Wildman–Crippen MR) is 53.7 cm³/mol. The number of hydrogen-bond donors (Lipinski definition) is 1. The topological polar surface area (TPSA) is 15.3 Å². The van der Waals surface area contributed by atoms with Gasteiger partial charge >= 0.3 is 6.18 Å². The van der Waals surface area contributed by atoms with E-state index in [1.165, 1.54) is 6.92 Å². The van der Waals surface area contributed by atoms with E-state index in [4.69, 9.17) is 0 Å². The molecule has 0 aromatic carbocycles. The maximum absolute atomic E-state index is 12.4. The summed E-state index contributed by atoms with van der Waals surface area (Å²) in [6.07, 6.45) is -4.06. The quantitative estimate of drug-likeness (QED) is 0.785. The third-order valence-electron chi connectivity index (χ3n) is 3.13. The van der Waals surface area contributed by atoms with Crippen molar-refractivity contribution in [2.75, 3.05) is 32.7 Å². The Hall–Kier alpha value is -0.290. The molecule has 0 amide bonds. The lowest BCUT2D eigenvalue weighted by atomic mass is 9.94. The van der Waals surface area contributed by atoms with Crippen LogP contribution in [0.1, 0.15) is 13.8 Å². The summed E-state index contributed by atoms with van der Waals surface area (Å²) in [5, 5.41) is 3.18. The van der Waals surface area contributed by atoms with Crippen molar-refractivity contribution < 1.29 is 13.2 Å². The van der Waals surface area contributed by atoms with Gasteiger partial charge in [-0.2, -0.15) is 13.2 Å². The van der Waals surface area contributed by atoms with E-state index in [2.05, 4.69) is 10.2 Å². The minimum atomic E-state index is -4.06. The van der Waals surface area contributed by atoms with E-state index in [9.17, 15) is 13.2 Å². The average Bonchev–Trinajstić information content (AvgIpc) is 2.16. The van der Waals surface area contributed by atoms with Crippen molar-refractivity contribution in [1.82, 2.24) is 10.2 Å². The molecule has 0 aromatic rings. The van der Waals surface area contributed by atoms with Gasteiger partial charge in [-0.15, -0.1) is 0 Å². The summed E-state index contributed by atoms with van der Waals surface area (Å²) < 4.78 is 37.3. The first-order chi connectivity index (χ1) is 6.91. The SMILES string of the molecule is CC(CN1CCNCC1)C(C)C(F)(F)F. The monoisotopic (exact) mass is 224 g/mol. The van der Waals surface area contributed by atoms with Gasteiger partial charge in [0.05, 0.1) is 5.92 Å². The Morgan fingerprint density at radius 1 is 1.20 bits per heavy atom. The van der Waals surface area contributed by atoms with Crippen LogP contribution in [-0.4, -0.2) is 43.8 Å². The predicted octanol–water partition coefficient (Wildman–Crippen LogP) is 1.73. The lowest BCUT2D eigenvalue weighted by molar-refractivity contribution is -0.183. The van der Waals surface area contributed by atoms with Gasteiger partial charge in [-0.1, -0.05) is 13.8 Å². The number of nitrogens with one attached hydrogen (secondary N) is 1.